The fourth-order valence-electron chi connectivity index (χ4n) is 3.43. The second kappa shape index (κ2) is 9.28. The minimum Gasteiger partial charge on any atom is -0.365 e. The number of anilines is 4. The second-order valence-corrected chi connectivity index (χ2v) is 7.47. The minimum absolute atomic E-state index is 0.0101. The molecule has 32 heavy (non-hydrogen) atoms. The summed E-state index contributed by atoms with van der Waals surface area (Å²) in [5, 5.41) is 4.98. The van der Waals surface area contributed by atoms with Crippen molar-refractivity contribution in [1.82, 2.24) is 14.9 Å². The van der Waals surface area contributed by atoms with E-state index in [4.69, 9.17) is 5.73 Å². The fraction of sp³-hybridized carbons (Fsp3) is 0.400. The predicted molar refractivity (Wildman–Crippen MR) is 114 cm³/mol. The molecule has 0 radical (unpaired) electrons. The van der Waals surface area contributed by atoms with Crippen molar-refractivity contribution in [3.05, 3.63) is 36.0 Å². The van der Waals surface area contributed by atoms with Gasteiger partial charge in [-0.15, -0.1) is 0 Å². The van der Waals surface area contributed by atoms with Crippen molar-refractivity contribution < 1.29 is 22.8 Å². The van der Waals surface area contributed by atoms with Crippen LogP contribution in [-0.4, -0.2) is 65.1 Å². The van der Waals surface area contributed by atoms with Crippen LogP contribution in [0.25, 0.3) is 0 Å². The standard InChI is InChI=1S/C20H24F3N7O2/c1-12-10-29(13(2)31)7-8-30(12)15-5-3-14(4-6-15)27-19-25-9-16(17(24)32)18(28-19)26-11-20(21,22)23/h3-6,9,12H,7-8,10-11H2,1-2H3,(H2,24,32)(H2,25,26,27,28)/t12-/m1/s1. The van der Waals surface area contributed by atoms with Crippen LogP contribution in [0.5, 0.6) is 0 Å². The number of amides is 2. The number of carbonyl (C=O) groups excluding carboxylic acids is 2. The van der Waals surface area contributed by atoms with Gasteiger partial charge in [0.05, 0.1) is 5.56 Å². The van der Waals surface area contributed by atoms with E-state index in [1.54, 1.807) is 19.1 Å². The Morgan fingerprint density at radius 3 is 2.47 bits per heavy atom. The van der Waals surface area contributed by atoms with Crippen molar-refractivity contribution in [1.29, 1.82) is 0 Å². The van der Waals surface area contributed by atoms with Gasteiger partial charge in [0.2, 0.25) is 11.9 Å². The number of nitrogens with zero attached hydrogens (tertiary/aromatic N) is 4. The highest BCUT2D eigenvalue weighted by atomic mass is 19.4. The summed E-state index contributed by atoms with van der Waals surface area (Å²) in [6.45, 7) is 4.24. The number of halogens is 3. The molecule has 4 N–H and O–H groups in total. The highest BCUT2D eigenvalue weighted by molar-refractivity contribution is 5.97. The molecular formula is C20H24F3N7O2. The number of aromatic nitrogens is 2. The summed E-state index contributed by atoms with van der Waals surface area (Å²) >= 11 is 0. The molecule has 172 valence electrons. The topological polar surface area (TPSA) is 116 Å². The smallest absolute Gasteiger partial charge is 0.365 e. The van der Waals surface area contributed by atoms with Crippen molar-refractivity contribution in [2.24, 2.45) is 5.73 Å². The number of nitrogens with two attached hydrogens (primary N) is 1. The Morgan fingerprint density at radius 2 is 1.91 bits per heavy atom. The first-order valence-electron chi connectivity index (χ1n) is 9.90. The van der Waals surface area contributed by atoms with Crippen LogP contribution >= 0.6 is 0 Å². The van der Waals surface area contributed by atoms with Gasteiger partial charge in [0, 0.05) is 50.2 Å². The first kappa shape index (κ1) is 23.1. The number of hydrogen-bond donors (Lipinski definition) is 3. The quantitative estimate of drug-likeness (QED) is 0.617. The zero-order valence-electron chi connectivity index (χ0n) is 17.6. The Kier molecular flexibility index (Phi) is 6.70. The molecule has 1 aromatic heterocycles. The van der Waals surface area contributed by atoms with Crippen molar-refractivity contribution in [2.75, 3.05) is 41.7 Å². The third kappa shape index (κ3) is 5.77. The Labute approximate surface area is 182 Å². The predicted octanol–water partition coefficient (Wildman–Crippen LogP) is 2.35. The molecule has 2 heterocycles. The molecule has 1 atom stereocenters. The van der Waals surface area contributed by atoms with Gasteiger partial charge in [0.15, 0.2) is 0 Å². The van der Waals surface area contributed by atoms with Gasteiger partial charge in [-0.25, -0.2) is 4.98 Å². The number of rotatable bonds is 6. The molecule has 1 aromatic carbocycles. The molecule has 3 rings (SSSR count). The number of nitrogens with one attached hydrogen (secondary N) is 2. The summed E-state index contributed by atoms with van der Waals surface area (Å²) in [4.78, 5) is 35.0. The van der Waals surface area contributed by atoms with E-state index in [0.717, 1.165) is 11.9 Å². The SMILES string of the molecule is CC(=O)N1CCN(c2ccc(Nc3ncc(C(N)=O)c(NCC(F)(F)F)n3)cc2)[C@H](C)C1. The summed E-state index contributed by atoms with van der Waals surface area (Å²) in [6.07, 6.45) is -3.42. The maximum atomic E-state index is 12.5. The zero-order chi connectivity index (χ0) is 23.5. The van der Waals surface area contributed by atoms with E-state index in [1.165, 1.54) is 0 Å². The molecule has 1 fully saturated rings. The van der Waals surface area contributed by atoms with E-state index >= 15 is 0 Å². The summed E-state index contributed by atoms with van der Waals surface area (Å²) in [5.74, 6) is -1.18. The van der Waals surface area contributed by atoms with E-state index in [-0.39, 0.29) is 29.3 Å². The molecule has 2 amide bonds. The second-order valence-electron chi connectivity index (χ2n) is 7.47. The third-order valence-corrected chi connectivity index (χ3v) is 5.04. The van der Waals surface area contributed by atoms with Gasteiger partial charge in [-0.3, -0.25) is 9.59 Å². The molecule has 12 heteroatoms. The summed E-state index contributed by atoms with van der Waals surface area (Å²) in [7, 11) is 0. The van der Waals surface area contributed by atoms with Crippen LogP contribution in [0.1, 0.15) is 24.2 Å². The molecular weight excluding hydrogens is 427 g/mol. The van der Waals surface area contributed by atoms with Crippen molar-refractivity contribution in [3.8, 4) is 0 Å². The molecule has 9 nitrogen and oxygen atoms in total. The van der Waals surface area contributed by atoms with Gasteiger partial charge in [0.1, 0.15) is 12.4 Å². The lowest BCUT2D eigenvalue weighted by molar-refractivity contribution is -0.129. The number of alkyl halides is 3. The van der Waals surface area contributed by atoms with E-state index in [1.807, 2.05) is 24.0 Å². The van der Waals surface area contributed by atoms with Crippen LogP contribution in [0, 0.1) is 0 Å². The van der Waals surface area contributed by atoms with Crippen LogP contribution in [0.2, 0.25) is 0 Å². The highest BCUT2D eigenvalue weighted by Crippen LogP contribution is 2.25. The van der Waals surface area contributed by atoms with Crippen molar-refractivity contribution >= 4 is 35.0 Å². The highest BCUT2D eigenvalue weighted by Gasteiger charge is 2.28. The van der Waals surface area contributed by atoms with Crippen LogP contribution in [0.3, 0.4) is 0 Å². The molecule has 1 aliphatic heterocycles. The third-order valence-electron chi connectivity index (χ3n) is 5.04. The Bertz CT molecular complexity index is 982. The fourth-order valence-corrected chi connectivity index (χ4v) is 3.43. The van der Waals surface area contributed by atoms with Crippen LogP contribution < -0.4 is 21.3 Å². The largest absolute Gasteiger partial charge is 0.405 e. The maximum Gasteiger partial charge on any atom is 0.405 e. The Hall–Kier alpha value is -3.57. The molecule has 0 aliphatic carbocycles. The monoisotopic (exact) mass is 451 g/mol. The molecule has 1 aliphatic rings. The van der Waals surface area contributed by atoms with Gasteiger partial charge in [-0.05, 0) is 31.2 Å². The normalized spacial score (nSPS) is 16.6. The van der Waals surface area contributed by atoms with Gasteiger partial charge in [-0.2, -0.15) is 18.2 Å². The summed E-state index contributed by atoms with van der Waals surface area (Å²) < 4.78 is 37.6. The first-order valence-corrected chi connectivity index (χ1v) is 9.90. The van der Waals surface area contributed by atoms with Gasteiger partial charge in [-0.1, -0.05) is 0 Å². The minimum atomic E-state index is -4.49. The van der Waals surface area contributed by atoms with Crippen LogP contribution in [0.15, 0.2) is 30.5 Å². The number of carbonyl (C=O) groups is 2. The number of hydrogen-bond acceptors (Lipinski definition) is 7. The number of benzene rings is 1. The van der Waals surface area contributed by atoms with E-state index in [0.29, 0.717) is 25.3 Å². The Morgan fingerprint density at radius 1 is 1.22 bits per heavy atom. The van der Waals surface area contributed by atoms with Crippen molar-refractivity contribution in [2.45, 2.75) is 26.1 Å². The van der Waals surface area contributed by atoms with Gasteiger partial charge >= 0.3 is 6.18 Å². The molecule has 0 saturated carbocycles. The average Bonchev–Trinajstić information content (AvgIpc) is 2.72. The molecule has 2 aromatic rings. The van der Waals surface area contributed by atoms with Crippen LogP contribution in [-0.2, 0) is 4.79 Å². The number of primary amides is 1. The summed E-state index contributed by atoms with van der Waals surface area (Å²) in [5.41, 5.74) is 6.54. The van der Waals surface area contributed by atoms with E-state index < -0.39 is 18.6 Å². The zero-order valence-corrected chi connectivity index (χ0v) is 17.6. The van der Waals surface area contributed by atoms with Gasteiger partial charge < -0.3 is 26.2 Å². The van der Waals surface area contributed by atoms with E-state index in [2.05, 4.69) is 25.5 Å². The lowest BCUT2D eigenvalue weighted by atomic mass is 10.1. The number of piperazine rings is 1. The van der Waals surface area contributed by atoms with Gasteiger partial charge in [0.25, 0.3) is 5.91 Å². The molecule has 0 spiro atoms. The Balaban J connectivity index is 1.71. The lowest BCUT2D eigenvalue weighted by Crippen LogP contribution is -2.53. The molecule has 0 unspecified atom stereocenters. The van der Waals surface area contributed by atoms with Crippen molar-refractivity contribution in [3.63, 3.8) is 0 Å². The molecule has 1 saturated heterocycles. The van der Waals surface area contributed by atoms with Crippen LogP contribution in [0.4, 0.5) is 36.3 Å². The lowest BCUT2D eigenvalue weighted by Gasteiger charge is -2.41. The maximum absolute atomic E-state index is 12.5. The average molecular weight is 451 g/mol. The molecule has 0 bridgehead atoms. The summed E-state index contributed by atoms with van der Waals surface area (Å²) in [6, 6.07) is 7.51. The van der Waals surface area contributed by atoms with E-state index in [9.17, 15) is 22.8 Å². The first-order chi connectivity index (χ1) is 15.0.